The number of fused-ring (bicyclic) bond motifs is 1. The summed E-state index contributed by atoms with van der Waals surface area (Å²) in [6.07, 6.45) is 11.0. The smallest absolute Gasteiger partial charge is 0.263 e. The minimum absolute atomic E-state index is 0.0602. The van der Waals surface area contributed by atoms with Crippen molar-refractivity contribution in [1.29, 1.82) is 0 Å². The van der Waals surface area contributed by atoms with Crippen LogP contribution in [0.3, 0.4) is 0 Å². The Kier molecular flexibility index (Phi) is 7.24. The third-order valence-corrected chi connectivity index (χ3v) is 7.93. The Labute approximate surface area is 178 Å². The first-order valence-corrected chi connectivity index (χ1v) is 12.4. The number of hydrogen-bond donors (Lipinski definition) is 1. The predicted octanol–water partition coefficient (Wildman–Crippen LogP) is 3.47. The van der Waals surface area contributed by atoms with E-state index < -0.39 is 0 Å². The molecule has 4 rings (SSSR count). The Bertz CT molecular complexity index is 703. The first-order valence-electron chi connectivity index (χ1n) is 11.6. The normalized spacial score (nSPS) is 22.9. The van der Waals surface area contributed by atoms with Gasteiger partial charge in [0.1, 0.15) is 0 Å². The number of thiophene rings is 1. The topological polar surface area (TPSA) is 52.7 Å². The van der Waals surface area contributed by atoms with Crippen molar-refractivity contribution < 1.29 is 9.59 Å². The molecule has 1 atom stereocenters. The summed E-state index contributed by atoms with van der Waals surface area (Å²) in [7, 11) is 0. The molecule has 3 aliphatic rings. The third-order valence-electron chi connectivity index (χ3n) is 6.71. The van der Waals surface area contributed by atoms with Crippen LogP contribution in [0.15, 0.2) is 6.07 Å². The summed E-state index contributed by atoms with van der Waals surface area (Å²) in [6, 6.07) is 2.08. The Hall–Kier alpha value is -1.40. The maximum atomic E-state index is 12.9. The van der Waals surface area contributed by atoms with E-state index in [4.69, 9.17) is 0 Å². The van der Waals surface area contributed by atoms with Crippen LogP contribution in [0.4, 0.5) is 0 Å². The van der Waals surface area contributed by atoms with Crippen molar-refractivity contribution in [3.05, 3.63) is 21.4 Å². The molecule has 29 heavy (non-hydrogen) atoms. The van der Waals surface area contributed by atoms with E-state index in [-0.39, 0.29) is 17.7 Å². The Balaban J connectivity index is 1.26. The van der Waals surface area contributed by atoms with Crippen LogP contribution in [0.25, 0.3) is 0 Å². The first-order chi connectivity index (χ1) is 14.2. The van der Waals surface area contributed by atoms with Gasteiger partial charge >= 0.3 is 0 Å². The van der Waals surface area contributed by atoms with E-state index >= 15 is 0 Å². The van der Waals surface area contributed by atoms with Crippen molar-refractivity contribution >= 4 is 23.2 Å². The predicted molar refractivity (Wildman–Crippen MR) is 118 cm³/mol. The SMILES string of the molecule is O=C(NCCCN1CCCC1)[C@H]1CCc2sc(C(=O)N3CCCCCC3)cc2C1. The van der Waals surface area contributed by atoms with E-state index in [9.17, 15) is 9.59 Å². The molecule has 0 unspecified atom stereocenters. The number of carbonyl (C=O) groups is 2. The second kappa shape index (κ2) is 10.1. The van der Waals surface area contributed by atoms with Crippen LogP contribution in [0.2, 0.25) is 0 Å². The number of hydrogen-bond acceptors (Lipinski definition) is 4. The van der Waals surface area contributed by atoms with Crippen LogP contribution in [0.5, 0.6) is 0 Å². The summed E-state index contributed by atoms with van der Waals surface area (Å²) in [5, 5.41) is 3.16. The number of aryl methyl sites for hydroxylation is 1. The van der Waals surface area contributed by atoms with Crippen LogP contribution in [-0.2, 0) is 17.6 Å². The molecule has 5 nitrogen and oxygen atoms in total. The van der Waals surface area contributed by atoms with Gasteiger partial charge in [-0.3, -0.25) is 9.59 Å². The van der Waals surface area contributed by atoms with Crippen molar-refractivity contribution in [3.8, 4) is 0 Å². The minimum atomic E-state index is 0.0602. The van der Waals surface area contributed by atoms with E-state index in [2.05, 4.69) is 16.3 Å². The molecular weight excluding hydrogens is 382 g/mol. The number of nitrogens with one attached hydrogen (secondary N) is 1. The highest BCUT2D eigenvalue weighted by Crippen LogP contribution is 2.33. The lowest BCUT2D eigenvalue weighted by Crippen LogP contribution is -2.35. The monoisotopic (exact) mass is 417 g/mol. The Morgan fingerprint density at radius 2 is 1.76 bits per heavy atom. The fourth-order valence-electron chi connectivity index (χ4n) is 4.95. The molecule has 3 heterocycles. The van der Waals surface area contributed by atoms with E-state index in [0.29, 0.717) is 0 Å². The molecule has 0 spiro atoms. The molecule has 0 bridgehead atoms. The van der Waals surface area contributed by atoms with Crippen LogP contribution < -0.4 is 5.32 Å². The molecule has 0 radical (unpaired) electrons. The van der Waals surface area contributed by atoms with E-state index in [1.54, 1.807) is 11.3 Å². The van der Waals surface area contributed by atoms with Crippen molar-refractivity contribution in [2.45, 2.75) is 64.2 Å². The molecular formula is C23H35N3O2S. The zero-order valence-corrected chi connectivity index (χ0v) is 18.4. The van der Waals surface area contributed by atoms with E-state index in [0.717, 1.165) is 69.6 Å². The average Bonchev–Trinajstić information content (AvgIpc) is 3.33. The number of carbonyl (C=O) groups excluding carboxylic acids is 2. The summed E-state index contributed by atoms with van der Waals surface area (Å²) >= 11 is 1.66. The largest absolute Gasteiger partial charge is 0.356 e. The fourth-order valence-corrected chi connectivity index (χ4v) is 6.12. The lowest BCUT2D eigenvalue weighted by atomic mass is 9.87. The van der Waals surface area contributed by atoms with Gasteiger partial charge in [0.05, 0.1) is 4.88 Å². The van der Waals surface area contributed by atoms with Gasteiger partial charge in [0.25, 0.3) is 5.91 Å². The standard InChI is InChI=1S/C23H35N3O2S/c27-22(24-10-7-13-25-11-5-6-12-25)18-8-9-20-19(16-18)17-21(29-20)23(28)26-14-3-1-2-4-15-26/h17-18H,1-16H2,(H,24,27)/t18-/m0/s1. The molecule has 6 heteroatoms. The van der Waals surface area contributed by atoms with E-state index in [1.165, 1.54) is 49.2 Å². The molecule has 1 aliphatic carbocycles. The molecule has 2 amide bonds. The van der Waals surface area contributed by atoms with Gasteiger partial charge in [-0.2, -0.15) is 0 Å². The van der Waals surface area contributed by atoms with Crippen molar-refractivity contribution in [2.75, 3.05) is 39.3 Å². The summed E-state index contributed by atoms with van der Waals surface area (Å²) < 4.78 is 0. The highest BCUT2D eigenvalue weighted by molar-refractivity contribution is 7.14. The minimum Gasteiger partial charge on any atom is -0.356 e. The summed E-state index contributed by atoms with van der Waals surface area (Å²) in [5.41, 5.74) is 1.23. The second-order valence-electron chi connectivity index (χ2n) is 8.90. The number of amides is 2. The lowest BCUT2D eigenvalue weighted by Gasteiger charge is -2.21. The van der Waals surface area contributed by atoms with Gasteiger partial charge in [0, 0.05) is 30.4 Å². The molecule has 160 valence electrons. The van der Waals surface area contributed by atoms with Crippen molar-refractivity contribution in [3.63, 3.8) is 0 Å². The average molecular weight is 418 g/mol. The van der Waals surface area contributed by atoms with Gasteiger partial charge in [-0.05, 0) is 82.6 Å². The Morgan fingerprint density at radius 1 is 1.03 bits per heavy atom. The molecule has 2 saturated heterocycles. The highest BCUT2D eigenvalue weighted by atomic mass is 32.1. The van der Waals surface area contributed by atoms with Gasteiger partial charge in [-0.15, -0.1) is 11.3 Å². The zero-order chi connectivity index (χ0) is 20.1. The molecule has 1 N–H and O–H groups in total. The first kappa shape index (κ1) is 20.9. The van der Waals surface area contributed by atoms with Crippen molar-refractivity contribution in [1.82, 2.24) is 15.1 Å². The number of likely N-dealkylation sites (tertiary alicyclic amines) is 2. The summed E-state index contributed by atoms with van der Waals surface area (Å²) in [5.74, 6) is 0.461. The van der Waals surface area contributed by atoms with Crippen molar-refractivity contribution in [2.24, 2.45) is 5.92 Å². The van der Waals surface area contributed by atoms with Gasteiger partial charge < -0.3 is 15.1 Å². The fraction of sp³-hybridized carbons (Fsp3) is 0.739. The van der Waals surface area contributed by atoms with Gasteiger partial charge in [0.15, 0.2) is 0 Å². The maximum Gasteiger partial charge on any atom is 0.263 e. The van der Waals surface area contributed by atoms with Crippen LogP contribution in [0, 0.1) is 5.92 Å². The molecule has 1 aromatic heterocycles. The molecule has 0 aromatic carbocycles. The maximum absolute atomic E-state index is 12.9. The summed E-state index contributed by atoms with van der Waals surface area (Å²) in [6.45, 7) is 6.10. The molecule has 2 fully saturated rings. The quantitative estimate of drug-likeness (QED) is 0.721. The van der Waals surface area contributed by atoms with Gasteiger partial charge in [0.2, 0.25) is 5.91 Å². The molecule has 2 aliphatic heterocycles. The third kappa shape index (κ3) is 5.40. The molecule has 1 aromatic rings. The molecule has 0 saturated carbocycles. The van der Waals surface area contributed by atoms with Crippen LogP contribution >= 0.6 is 11.3 Å². The summed E-state index contributed by atoms with van der Waals surface area (Å²) in [4.78, 5) is 32.3. The van der Waals surface area contributed by atoms with Gasteiger partial charge in [-0.1, -0.05) is 12.8 Å². The van der Waals surface area contributed by atoms with Crippen LogP contribution in [0.1, 0.15) is 71.5 Å². The van der Waals surface area contributed by atoms with E-state index in [1.807, 2.05) is 4.90 Å². The number of nitrogens with zero attached hydrogens (tertiary/aromatic N) is 2. The zero-order valence-electron chi connectivity index (χ0n) is 17.6. The highest BCUT2D eigenvalue weighted by Gasteiger charge is 2.28. The Morgan fingerprint density at radius 3 is 2.52 bits per heavy atom. The number of rotatable bonds is 6. The van der Waals surface area contributed by atoms with Gasteiger partial charge in [-0.25, -0.2) is 0 Å². The second-order valence-corrected chi connectivity index (χ2v) is 10.0. The van der Waals surface area contributed by atoms with Crippen LogP contribution in [-0.4, -0.2) is 60.9 Å². The lowest BCUT2D eigenvalue weighted by molar-refractivity contribution is -0.125.